The quantitative estimate of drug-likeness (QED) is 0.812. The minimum Gasteiger partial charge on any atom is -0.334 e. The van der Waals surface area contributed by atoms with Gasteiger partial charge in [-0.2, -0.15) is 0 Å². The molecule has 0 unspecified atom stereocenters. The average molecular weight is 317 g/mol. The number of piperidine rings is 1. The fourth-order valence-corrected chi connectivity index (χ4v) is 3.12. The monoisotopic (exact) mass is 317 g/mol. The molecule has 0 bridgehead atoms. The third-order valence-corrected chi connectivity index (χ3v) is 4.46. The third kappa shape index (κ3) is 3.80. The lowest BCUT2D eigenvalue weighted by Crippen LogP contribution is -2.47. The standard InChI is InChI=1S/C15H19N5OS/c1-10-4-6-11(7-5-10)13-19-20-15(22-13)18-14(21)17-12-3-2-8-16-9-12/h4-7,12,16H,2-3,8-9H2,1H3,(H2,17,18,20,21)/t12-/m0/s1. The molecule has 3 N–H and O–H groups in total. The molecule has 6 nitrogen and oxygen atoms in total. The number of hydrogen-bond acceptors (Lipinski definition) is 5. The zero-order valence-corrected chi connectivity index (χ0v) is 13.2. The van der Waals surface area contributed by atoms with Crippen LogP contribution in [0.5, 0.6) is 0 Å². The van der Waals surface area contributed by atoms with Crippen molar-refractivity contribution in [1.82, 2.24) is 20.8 Å². The van der Waals surface area contributed by atoms with Gasteiger partial charge in [0.25, 0.3) is 0 Å². The number of anilines is 1. The Morgan fingerprint density at radius 3 is 2.86 bits per heavy atom. The van der Waals surface area contributed by atoms with Crippen LogP contribution in [0.3, 0.4) is 0 Å². The Morgan fingerprint density at radius 1 is 1.32 bits per heavy atom. The fourth-order valence-electron chi connectivity index (χ4n) is 2.38. The molecule has 1 aliphatic heterocycles. The van der Waals surface area contributed by atoms with E-state index in [1.807, 2.05) is 31.2 Å². The van der Waals surface area contributed by atoms with Gasteiger partial charge in [-0.05, 0) is 26.3 Å². The van der Waals surface area contributed by atoms with Crippen LogP contribution in [0, 0.1) is 6.92 Å². The van der Waals surface area contributed by atoms with Crippen LogP contribution in [0.2, 0.25) is 0 Å². The number of carbonyl (C=O) groups is 1. The van der Waals surface area contributed by atoms with Crippen LogP contribution in [0.1, 0.15) is 18.4 Å². The fraction of sp³-hybridized carbons (Fsp3) is 0.400. The molecule has 0 saturated carbocycles. The number of urea groups is 1. The van der Waals surface area contributed by atoms with E-state index in [2.05, 4.69) is 26.1 Å². The number of aryl methyl sites for hydroxylation is 1. The Bertz CT molecular complexity index is 634. The molecule has 0 radical (unpaired) electrons. The molecule has 2 aromatic rings. The normalized spacial score (nSPS) is 18.0. The number of nitrogens with one attached hydrogen (secondary N) is 3. The molecule has 2 amide bonds. The van der Waals surface area contributed by atoms with Crippen LogP contribution >= 0.6 is 11.3 Å². The van der Waals surface area contributed by atoms with E-state index in [1.165, 1.54) is 16.9 Å². The summed E-state index contributed by atoms with van der Waals surface area (Å²) < 4.78 is 0. The second-order valence-electron chi connectivity index (χ2n) is 5.42. The van der Waals surface area contributed by atoms with Crippen LogP contribution in [-0.2, 0) is 0 Å². The smallest absolute Gasteiger partial charge is 0.321 e. The Balaban J connectivity index is 1.59. The Kier molecular flexibility index (Phi) is 4.65. The summed E-state index contributed by atoms with van der Waals surface area (Å²) in [5, 5.41) is 18.4. The molecule has 3 rings (SSSR count). The predicted molar refractivity (Wildman–Crippen MR) is 88.1 cm³/mol. The predicted octanol–water partition coefficient (Wildman–Crippen LogP) is 2.39. The number of amides is 2. The Labute approximate surface area is 133 Å². The van der Waals surface area contributed by atoms with Crippen LogP contribution in [0.25, 0.3) is 10.6 Å². The van der Waals surface area contributed by atoms with Gasteiger partial charge in [-0.1, -0.05) is 41.2 Å². The number of benzene rings is 1. The number of rotatable bonds is 3. The molecule has 0 spiro atoms. The maximum Gasteiger partial charge on any atom is 0.321 e. The summed E-state index contributed by atoms with van der Waals surface area (Å²) in [5.74, 6) is 0. The van der Waals surface area contributed by atoms with Crippen LogP contribution in [-0.4, -0.2) is 35.4 Å². The summed E-state index contributed by atoms with van der Waals surface area (Å²) in [4.78, 5) is 12.0. The van der Waals surface area contributed by atoms with E-state index in [0.717, 1.165) is 36.5 Å². The van der Waals surface area contributed by atoms with E-state index in [4.69, 9.17) is 0 Å². The summed E-state index contributed by atoms with van der Waals surface area (Å²) in [5.41, 5.74) is 2.21. The summed E-state index contributed by atoms with van der Waals surface area (Å²) in [7, 11) is 0. The van der Waals surface area contributed by atoms with Crippen molar-refractivity contribution in [1.29, 1.82) is 0 Å². The minimum absolute atomic E-state index is 0.179. The zero-order chi connectivity index (χ0) is 15.4. The van der Waals surface area contributed by atoms with Crippen LogP contribution in [0.4, 0.5) is 9.93 Å². The molecule has 0 aliphatic carbocycles. The largest absolute Gasteiger partial charge is 0.334 e. The Morgan fingerprint density at radius 2 is 2.14 bits per heavy atom. The van der Waals surface area contributed by atoms with Gasteiger partial charge < -0.3 is 10.6 Å². The second-order valence-corrected chi connectivity index (χ2v) is 6.40. The van der Waals surface area contributed by atoms with Crippen molar-refractivity contribution in [2.75, 3.05) is 18.4 Å². The number of nitrogens with zero attached hydrogens (tertiary/aromatic N) is 2. The van der Waals surface area contributed by atoms with Crippen molar-refractivity contribution in [3.63, 3.8) is 0 Å². The van der Waals surface area contributed by atoms with Crippen molar-refractivity contribution >= 4 is 22.5 Å². The average Bonchev–Trinajstić information content (AvgIpc) is 2.97. The van der Waals surface area contributed by atoms with Crippen molar-refractivity contribution in [3.05, 3.63) is 29.8 Å². The molecule has 1 aromatic heterocycles. The first-order valence-corrected chi connectivity index (χ1v) is 8.21. The summed E-state index contributed by atoms with van der Waals surface area (Å²) in [6.45, 7) is 3.88. The van der Waals surface area contributed by atoms with Gasteiger partial charge in [0, 0.05) is 18.2 Å². The minimum atomic E-state index is -0.222. The molecule has 1 fully saturated rings. The first-order chi connectivity index (χ1) is 10.7. The molecule has 7 heteroatoms. The maximum atomic E-state index is 12.0. The van der Waals surface area contributed by atoms with Gasteiger partial charge in [0.1, 0.15) is 5.01 Å². The van der Waals surface area contributed by atoms with E-state index in [9.17, 15) is 4.79 Å². The molecular formula is C15H19N5OS. The highest BCUT2D eigenvalue weighted by Crippen LogP contribution is 2.26. The molecule has 1 atom stereocenters. The Hall–Kier alpha value is -1.99. The summed E-state index contributed by atoms with van der Waals surface area (Å²) in [6.07, 6.45) is 2.09. The highest BCUT2D eigenvalue weighted by molar-refractivity contribution is 7.18. The second kappa shape index (κ2) is 6.85. The number of hydrogen-bond donors (Lipinski definition) is 3. The maximum absolute atomic E-state index is 12.0. The molecular weight excluding hydrogens is 298 g/mol. The zero-order valence-electron chi connectivity index (χ0n) is 12.4. The van der Waals surface area contributed by atoms with E-state index in [0.29, 0.717) is 5.13 Å². The lowest BCUT2D eigenvalue weighted by Gasteiger charge is -2.23. The molecule has 2 heterocycles. The molecule has 22 heavy (non-hydrogen) atoms. The highest BCUT2D eigenvalue weighted by Gasteiger charge is 2.16. The first-order valence-electron chi connectivity index (χ1n) is 7.39. The van der Waals surface area contributed by atoms with Crippen LogP contribution < -0.4 is 16.0 Å². The van der Waals surface area contributed by atoms with Crippen molar-refractivity contribution in [3.8, 4) is 10.6 Å². The van der Waals surface area contributed by atoms with Gasteiger partial charge in [0.05, 0.1) is 0 Å². The first kappa shape index (κ1) is 14.9. The third-order valence-electron chi connectivity index (χ3n) is 3.58. The van der Waals surface area contributed by atoms with Gasteiger partial charge in [0.2, 0.25) is 5.13 Å². The molecule has 116 valence electrons. The summed E-state index contributed by atoms with van der Waals surface area (Å²) >= 11 is 1.37. The molecule has 1 saturated heterocycles. The van der Waals surface area contributed by atoms with E-state index in [1.54, 1.807) is 0 Å². The SMILES string of the molecule is Cc1ccc(-c2nnc(NC(=O)N[C@H]3CCCNC3)s2)cc1. The molecule has 1 aromatic carbocycles. The van der Waals surface area contributed by atoms with E-state index < -0.39 is 0 Å². The van der Waals surface area contributed by atoms with Gasteiger partial charge in [-0.15, -0.1) is 10.2 Å². The molecule has 1 aliphatic rings. The summed E-state index contributed by atoms with van der Waals surface area (Å²) in [6, 6.07) is 8.04. The van der Waals surface area contributed by atoms with Gasteiger partial charge in [-0.25, -0.2) is 4.79 Å². The van der Waals surface area contributed by atoms with Crippen molar-refractivity contribution < 1.29 is 4.79 Å². The van der Waals surface area contributed by atoms with Crippen LogP contribution in [0.15, 0.2) is 24.3 Å². The van der Waals surface area contributed by atoms with Gasteiger partial charge in [-0.3, -0.25) is 5.32 Å². The topological polar surface area (TPSA) is 78.9 Å². The van der Waals surface area contributed by atoms with Gasteiger partial charge >= 0.3 is 6.03 Å². The lowest BCUT2D eigenvalue weighted by molar-refractivity contribution is 0.245. The van der Waals surface area contributed by atoms with Gasteiger partial charge in [0.15, 0.2) is 0 Å². The van der Waals surface area contributed by atoms with E-state index in [-0.39, 0.29) is 12.1 Å². The lowest BCUT2D eigenvalue weighted by atomic mass is 10.1. The van der Waals surface area contributed by atoms with Crippen molar-refractivity contribution in [2.24, 2.45) is 0 Å². The van der Waals surface area contributed by atoms with Crippen molar-refractivity contribution in [2.45, 2.75) is 25.8 Å². The number of carbonyl (C=O) groups excluding carboxylic acids is 1. The highest BCUT2D eigenvalue weighted by atomic mass is 32.1. The number of aromatic nitrogens is 2. The van der Waals surface area contributed by atoms with E-state index >= 15 is 0 Å².